The van der Waals surface area contributed by atoms with E-state index in [1.54, 1.807) is 30.0 Å². The molecule has 2 atom stereocenters. The average Bonchev–Trinajstić information content (AvgIpc) is 2.57. The third-order valence-corrected chi connectivity index (χ3v) is 4.66. The highest BCUT2D eigenvalue weighted by Crippen LogP contribution is 2.25. The number of nitrogens with zero attached hydrogens (tertiary/aromatic N) is 1. The smallest absolute Gasteiger partial charge is 0.282 e. The number of hydrogen-bond donors (Lipinski definition) is 2. The topological polar surface area (TPSA) is 63.1 Å². The molecule has 24 heavy (non-hydrogen) atoms. The maximum absolute atomic E-state index is 12.4. The Morgan fingerprint density at radius 1 is 1.33 bits per heavy atom. The Bertz CT molecular complexity index is 606. The van der Waals surface area contributed by atoms with Crippen LogP contribution in [-0.2, 0) is 14.3 Å². The quantitative estimate of drug-likeness (QED) is 0.796. The number of nitrogens with one attached hydrogen (secondary N) is 2. The highest BCUT2D eigenvalue weighted by Gasteiger charge is 2.27. The molecule has 1 heterocycles. The van der Waals surface area contributed by atoms with Gasteiger partial charge in [-0.05, 0) is 25.1 Å². The van der Waals surface area contributed by atoms with Crippen LogP contribution in [0, 0.1) is 0 Å². The van der Waals surface area contributed by atoms with Crippen LogP contribution in [0.15, 0.2) is 18.2 Å². The Labute approximate surface area is 151 Å². The minimum Gasteiger partial charge on any atom is -0.378 e. The summed E-state index contributed by atoms with van der Waals surface area (Å²) in [7, 11) is 1.83. The van der Waals surface area contributed by atoms with Crippen molar-refractivity contribution in [3.8, 4) is 0 Å². The largest absolute Gasteiger partial charge is 0.378 e. The van der Waals surface area contributed by atoms with Gasteiger partial charge in [-0.15, -0.1) is 0 Å². The molecule has 0 radical (unpaired) electrons. The summed E-state index contributed by atoms with van der Waals surface area (Å²) in [6.45, 7) is 4.37. The summed E-state index contributed by atoms with van der Waals surface area (Å²) in [4.78, 5) is 27.2. The van der Waals surface area contributed by atoms with Gasteiger partial charge in [0.05, 0.1) is 31.0 Å². The monoisotopic (exact) mass is 374 g/mol. The van der Waals surface area contributed by atoms with Crippen LogP contribution in [0.4, 0.5) is 5.69 Å². The number of amides is 2. The number of anilines is 1. The lowest BCUT2D eigenvalue weighted by Crippen LogP contribution is -3.15. The van der Waals surface area contributed by atoms with Crippen LogP contribution < -0.4 is 10.2 Å². The highest BCUT2D eigenvalue weighted by molar-refractivity contribution is 6.36. The number of likely N-dealkylation sites (N-methyl/N-ethyl adjacent to an activating group) is 1. The van der Waals surface area contributed by atoms with Crippen LogP contribution in [0.25, 0.3) is 0 Å². The van der Waals surface area contributed by atoms with Crippen LogP contribution in [0.5, 0.6) is 0 Å². The number of benzene rings is 1. The van der Waals surface area contributed by atoms with E-state index in [2.05, 4.69) is 5.32 Å². The first-order valence-corrected chi connectivity index (χ1v) is 8.58. The summed E-state index contributed by atoms with van der Waals surface area (Å²) in [5.74, 6) is -0.175. The molecule has 2 rings (SSSR count). The lowest BCUT2D eigenvalue weighted by atomic mass is 10.2. The molecule has 2 amide bonds. The first kappa shape index (κ1) is 19.0. The lowest BCUT2D eigenvalue weighted by molar-refractivity contribution is -0.886. The molecule has 1 saturated heterocycles. The van der Waals surface area contributed by atoms with Gasteiger partial charge < -0.3 is 19.9 Å². The maximum Gasteiger partial charge on any atom is 0.282 e. The van der Waals surface area contributed by atoms with Crippen molar-refractivity contribution in [1.82, 2.24) is 4.90 Å². The number of carbonyl (C=O) groups excluding carboxylic acids is 2. The van der Waals surface area contributed by atoms with Gasteiger partial charge in [-0.3, -0.25) is 9.59 Å². The molecule has 1 aromatic rings. The molecular formula is C16H22Cl2N3O3+. The van der Waals surface area contributed by atoms with Crippen LogP contribution in [0.1, 0.15) is 6.92 Å². The van der Waals surface area contributed by atoms with Crippen molar-refractivity contribution in [3.63, 3.8) is 0 Å². The standard InChI is InChI=1S/C16H21Cl2N3O3/c1-11(16(23)19-14-4-3-12(17)9-13(14)18)20(2)10-15(22)21-5-7-24-8-6-21/h3-4,9,11H,5-8,10H2,1-2H3,(H,19,23)/p+1/t11-/m0/s1. The van der Waals surface area contributed by atoms with Gasteiger partial charge in [0.25, 0.3) is 11.8 Å². The number of rotatable bonds is 5. The minimum absolute atomic E-state index is 0.0278. The van der Waals surface area contributed by atoms with Gasteiger partial charge in [-0.2, -0.15) is 0 Å². The Morgan fingerprint density at radius 2 is 2.00 bits per heavy atom. The predicted molar refractivity (Wildman–Crippen MR) is 93.7 cm³/mol. The highest BCUT2D eigenvalue weighted by atomic mass is 35.5. The molecule has 1 aliphatic heterocycles. The van der Waals surface area contributed by atoms with Crippen molar-refractivity contribution in [2.45, 2.75) is 13.0 Å². The first-order valence-electron chi connectivity index (χ1n) is 7.82. The SMILES string of the molecule is C[C@@H](C(=O)Nc1ccc(Cl)cc1Cl)[NH+](C)CC(=O)N1CCOCC1. The molecule has 6 nitrogen and oxygen atoms in total. The van der Waals surface area contributed by atoms with Crippen molar-refractivity contribution in [1.29, 1.82) is 0 Å². The van der Waals surface area contributed by atoms with Gasteiger partial charge in [0, 0.05) is 18.1 Å². The molecule has 0 spiro atoms. The van der Waals surface area contributed by atoms with E-state index in [1.807, 2.05) is 7.05 Å². The predicted octanol–water partition coefficient (Wildman–Crippen LogP) is 0.694. The van der Waals surface area contributed by atoms with E-state index in [4.69, 9.17) is 27.9 Å². The Hall–Kier alpha value is -1.34. The molecule has 0 aromatic heterocycles. The van der Waals surface area contributed by atoms with Crippen LogP contribution in [0.2, 0.25) is 10.0 Å². The number of carbonyl (C=O) groups is 2. The fourth-order valence-corrected chi connectivity index (χ4v) is 2.83. The summed E-state index contributed by atoms with van der Waals surface area (Å²) in [5.41, 5.74) is 0.505. The molecule has 0 saturated carbocycles. The van der Waals surface area contributed by atoms with Crippen LogP contribution >= 0.6 is 23.2 Å². The summed E-state index contributed by atoms with van der Waals surface area (Å²) < 4.78 is 5.24. The van der Waals surface area contributed by atoms with Crippen LogP contribution in [-0.4, -0.2) is 62.7 Å². The van der Waals surface area contributed by atoms with Crippen molar-refractivity contribution >= 4 is 40.7 Å². The number of morpholine rings is 1. The number of hydrogen-bond acceptors (Lipinski definition) is 3. The second-order valence-corrected chi connectivity index (χ2v) is 6.70. The maximum atomic E-state index is 12.4. The molecule has 0 bridgehead atoms. The zero-order chi connectivity index (χ0) is 17.7. The normalized spacial score (nSPS) is 17.2. The van der Waals surface area contributed by atoms with Crippen molar-refractivity contribution in [2.75, 3.05) is 45.2 Å². The van der Waals surface area contributed by atoms with Gasteiger partial charge in [-0.25, -0.2) is 0 Å². The third-order valence-electron chi connectivity index (χ3n) is 4.12. The van der Waals surface area contributed by atoms with Gasteiger partial charge in [0.15, 0.2) is 12.6 Å². The van der Waals surface area contributed by atoms with E-state index in [1.165, 1.54) is 0 Å². The summed E-state index contributed by atoms with van der Waals surface area (Å²) in [5, 5.41) is 3.66. The molecular weight excluding hydrogens is 353 g/mol. The minimum atomic E-state index is -0.401. The van der Waals surface area contributed by atoms with Gasteiger partial charge in [-0.1, -0.05) is 23.2 Å². The molecule has 0 aliphatic carbocycles. The second kappa shape index (κ2) is 8.67. The Balaban J connectivity index is 1.90. The van der Waals surface area contributed by atoms with Gasteiger partial charge in [0.1, 0.15) is 0 Å². The molecule has 1 aromatic carbocycles. The molecule has 1 aliphatic rings. The molecule has 1 fully saturated rings. The van der Waals surface area contributed by atoms with E-state index in [9.17, 15) is 9.59 Å². The molecule has 1 unspecified atom stereocenters. The second-order valence-electron chi connectivity index (χ2n) is 5.85. The fourth-order valence-electron chi connectivity index (χ4n) is 2.37. The summed E-state index contributed by atoms with van der Waals surface area (Å²) in [6, 6.07) is 4.49. The van der Waals surface area contributed by atoms with Crippen LogP contribution in [0.3, 0.4) is 0 Å². The molecule has 2 N–H and O–H groups in total. The Morgan fingerprint density at radius 3 is 2.62 bits per heavy atom. The van der Waals surface area contributed by atoms with Gasteiger partial charge in [0.2, 0.25) is 0 Å². The number of ether oxygens (including phenoxy) is 1. The van der Waals surface area contributed by atoms with E-state index in [-0.39, 0.29) is 18.4 Å². The zero-order valence-electron chi connectivity index (χ0n) is 13.8. The van der Waals surface area contributed by atoms with E-state index >= 15 is 0 Å². The van der Waals surface area contributed by atoms with Crippen molar-refractivity contribution in [2.24, 2.45) is 0 Å². The van der Waals surface area contributed by atoms with Gasteiger partial charge >= 0.3 is 0 Å². The summed E-state index contributed by atoms with van der Waals surface area (Å²) >= 11 is 11.9. The van der Waals surface area contributed by atoms with E-state index < -0.39 is 6.04 Å². The van der Waals surface area contributed by atoms with Crippen molar-refractivity contribution < 1.29 is 19.2 Å². The number of halogens is 2. The summed E-state index contributed by atoms with van der Waals surface area (Å²) in [6.07, 6.45) is 0. The third kappa shape index (κ3) is 5.08. The van der Waals surface area contributed by atoms with E-state index in [0.717, 1.165) is 4.90 Å². The molecule has 8 heteroatoms. The average molecular weight is 375 g/mol. The fraction of sp³-hybridized carbons (Fsp3) is 0.500. The van der Waals surface area contributed by atoms with E-state index in [0.29, 0.717) is 42.0 Å². The molecule has 132 valence electrons. The number of quaternary nitrogens is 1. The Kier molecular flexibility index (Phi) is 6.86. The lowest BCUT2D eigenvalue weighted by Gasteiger charge is -2.28. The first-order chi connectivity index (χ1) is 11.4. The van der Waals surface area contributed by atoms with Crippen molar-refractivity contribution in [3.05, 3.63) is 28.2 Å². The zero-order valence-corrected chi connectivity index (χ0v) is 15.3.